The number of carbonyl (C=O) groups is 2. The maximum atomic E-state index is 12.0. The molecule has 1 aromatic carbocycles. The Bertz CT molecular complexity index is 462. The minimum Gasteiger partial charge on any atom is -0.480 e. The number of carboxylic acids is 1. The highest BCUT2D eigenvalue weighted by molar-refractivity contribution is 5.86. The predicted octanol–water partition coefficient (Wildman–Crippen LogP) is 1.33. The number of nitrogens with one attached hydrogen (secondary N) is 1. The van der Waals surface area contributed by atoms with Gasteiger partial charge in [-0.25, -0.2) is 4.79 Å². The van der Waals surface area contributed by atoms with Crippen molar-refractivity contribution < 1.29 is 32.6 Å². The van der Waals surface area contributed by atoms with Gasteiger partial charge in [-0.3, -0.25) is 4.79 Å². The molecular weight excluding hydrogens is 279 g/mol. The molecule has 0 aromatic heterocycles. The highest BCUT2D eigenvalue weighted by atomic mass is 19.4. The maximum absolute atomic E-state index is 12.0. The molecule has 0 heterocycles. The van der Waals surface area contributed by atoms with E-state index in [0.717, 1.165) is 5.56 Å². The molecule has 0 fully saturated rings. The summed E-state index contributed by atoms with van der Waals surface area (Å²) in [6, 6.07) is 6.91. The van der Waals surface area contributed by atoms with E-state index >= 15 is 0 Å². The van der Waals surface area contributed by atoms with Gasteiger partial charge in [-0.15, -0.1) is 0 Å². The lowest BCUT2D eigenvalue weighted by Gasteiger charge is -2.15. The third kappa shape index (κ3) is 5.27. The van der Waals surface area contributed by atoms with E-state index in [1.165, 1.54) is 5.32 Å². The first-order valence-corrected chi connectivity index (χ1v) is 5.53. The van der Waals surface area contributed by atoms with Crippen LogP contribution in [-0.4, -0.2) is 35.8 Å². The number of aliphatic carboxylic acids is 1. The van der Waals surface area contributed by atoms with Crippen LogP contribution in [0.1, 0.15) is 5.56 Å². The topological polar surface area (TPSA) is 75.6 Å². The summed E-state index contributed by atoms with van der Waals surface area (Å²) in [5.41, 5.74) is 0.735. The summed E-state index contributed by atoms with van der Waals surface area (Å²) in [5.74, 6) is -3.91. The average molecular weight is 291 g/mol. The van der Waals surface area contributed by atoms with Crippen LogP contribution in [0.15, 0.2) is 30.3 Å². The van der Waals surface area contributed by atoms with Crippen LogP contribution in [0.5, 0.6) is 0 Å². The highest BCUT2D eigenvalue weighted by Gasteiger charge is 2.40. The molecule has 0 saturated heterocycles. The van der Waals surface area contributed by atoms with Crippen molar-refractivity contribution in [2.75, 3.05) is 6.61 Å². The van der Waals surface area contributed by atoms with Crippen LogP contribution in [0.25, 0.3) is 0 Å². The van der Waals surface area contributed by atoms with Crippen LogP contribution in [0.2, 0.25) is 0 Å². The van der Waals surface area contributed by atoms with Crippen molar-refractivity contribution in [2.24, 2.45) is 0 Å². The number of hydrogen-bond acceptors (Lipinski definition) is 3. The van der Waals surface area contributed by atoms with Gasteiger partial charge in [-0.05, 0) is 5.56 Å². The second kappa shape index (κ2) is 6.90. The zero-order chi connectivity index (χ0) is 15.2. The molecular formula is C12H12F3NO4. The lowest BCUT2D eigenvalue weighted by molar-refractivity contribution is -0.176. The van der Waals surface area contributed by atoms with E-state index in [2.05, 4.69) is 0 Å². The Morgan fingerprint density at radius 3 is 2.35 bits per heavy atom. The van der Waals surface area contributed by atoms with Crippen LogP contribution < -0.4 is 5.32 Å². The minimum atomic E-state index is -5.13. The Morgan fingerprint density at radius 1 is 1.25 bits per heavy atom. The largest absolute Gasteiger partial charge is 0.480 e. The molecule has 20 heavy (non-hydrogen) atoms. The number of hydrogen-bond donors (Lipinski definition) is 2. The molecule has 0 bridgehead atoms. The van der Waals surface area contributed by atoms with Crippen molar-refractivity contribution in [3.63, 3.8) is 0 Å². The molecule has 110 valence electrons. The van der Waals surface area contributed by atoms with E-state index in [4.69, 9.17) is 9.84 Å². The molecule has 0 spiro atoms. The average Bonchev–Trinajstić information content (AvgIpc) is 2.37. The second-order valence-corrected chi connectivity index (χ2v) is 3.86. The van der Waals surface area contributed by atoms with Gasteiger partial charge in [0.1, 0.15) is 0 Å². The molecule has 0 aliphatic carbocycles. The monoisotopic (exact) mass is 291 g/mol. The van der Waals surface area contributed by atoms with Crippen molar-refractivity contribution in [1.82, 2.24) is 5.32 Å². The summed E-state index contributed by atoms with van der Waals surface area (Å²) in [7, 11) is 0. The van der Waals surface area contributed by atoms with Gasteiger partial charge in [-0.1, -0.05) is 30.3 Å². The standard InChI is InChI=1S/C12H12F3NO4/c13-12(14,15)11(19)16-9(10(17)18)7-20-6-8-4-2-1-3-5-8/h1-5,9H,6-7H2,(H,16,19)(H,17,18)/t9-/m1/s1. The number of benzene rings is 1. The van der Waals surface area contributed by atoms with Crippen molar-refractivity contribution in [1.29, 1.82) is 0 Å². The Kier molecular flexibility index (Phi) is 5.51. The SMILES string of the molecule is O=C(O)[C@@H](COCc1ccccc1)NC(=O)C(F)(F)F. The fraction of sp³-hybridized carbons (Fsp3) is 0.333. The zero-order valence-corrected chi connectivity index (χ0v) is 10.2. The molecule has 8 heteroatoms. The molecule has 0 aliphatic rings. The smallest absolute Gasteiger partial charge is 0.471 e. The Morgan fingerprint density at radius 2 is 1.85 bits per heavy atom. The molecule has 5 nitrogen and oxygen atoms in total. The number of rotatable bonds is 6. The Labute approximate surface area is 112 Å². The predicted molar refractivity (Wildman–Crippen MR) is 61.7 cm³/mol. The number of ether oxygens (including phenoxy) is 1. The molecule has 0 radical (unpaired) electrons. The Balaban J connectivity index is 2.48. The summed E-state index contributed by atoms with van der Waals surface area (Å²) in [6.45, 7) is -0.529. The van der Waals surface area contributed by atoms with Crippen molar-refractivity contribution in [2.45, 2.75) is 18.8 Å². The van der Waals surface area contributed by atoms with Gasteiger partial charge >= 0.3 is 18.1 Å². The number of carbonyl (C=O) groups excluding carboxylic acids is 1. The first kappa shape index (κ1) is 16.0. The maximum Gasteiger partial charge on any atom is 0.471 e. The van der Waals surface area contributed by atoms with Crippen molar-refractivity contribution >= 4 is 11.9 Å². The first-order chi connectivity index (χ1) is 9.30. The zero-order valence-electron chi connectivity index (χ0n) is 10.2. The summed E-state index contributed by atoms with van der Waals surface area (Å²) in [4.78, 5) is 21.4. The molecule has 1 aromatic rings. The van der Waals surface area contributed by atoms with Crippen LogP contribution in [0, 0.1) is 0 Å². The van der Waals surface area contributed by atoms with Crippen molar-refractivity contribution in [3.05, 3.63) is 35.9 Å². The summed E-state index contributed by atoms with van der Waals surface area (Å²) in [6.07, 6.45) is -5.13. The fourth-order valence-electron chi connectivity index (χ4n) is 1.28. The van der Waals surface area contributed by atoms with Gasteiger partial charge in [0.05, 0.1) is 13.2 Å². The molecule has 1 atom stereocenters. The Hall–Kier alpha value is -2.09. The van der Waals surface area contributed by atoms with E-state index in [9.17, 15) is 22.8 Å². The number of alkyl halides is 3. The van der Waals surface area contributed by atoms with E-state index in [1.807, 2.05) is 0 Å². The van der Waals surface area contributed by atoms with E-state index < -0.39 is 30.7 Å². The van der Waals surface area contributed by atoms with Gasteiger partial charge in [-0.2, -0.15) is 13.2 Å². The quantitative estimate of drug-likeness (QED) is 0.829. The number of halogens is 3. The molecule has 2 N–H and O–H groups in total. The lowest BCUT2D eigenvalue weighted by atomic mass is 10.2. The number of carboxylic acid groups (broad SMARTS) is 1. The lowest BCUT2D eigenvalue weighted by Crippen LogP contribution is -2.49. The van der Waals surface area contributed by atoms with Crippen LogP contribution >= 0.6 is 0 Å². The fourth-order valence-corrected chi connectivity index (χ4v) is 1.28. The van der Waals surface area contributed by atoms with Crippen molar-refractivity contribution in [3.8, 4) is 0 Å². The molecule has 0 saturated carbocycles. The summed E-state index contributed by atoms with van der Waals surface area (Å²) >= 11 is 0. The van der Waals surface area contributed by atoms with E-state index in [1.54, 1.807) is 30.3 Å². The minimum absolute atomic E-state index is 0.0342. The molecule has 0 unspecified atom stereocenters. The highest BCUT2D eigenvalue weighted by Crippen LogP contribution is 2.14. The van der Waals surface area contributed by atoms with Crippen LogP contribution in [-0.2, 0) is 20.9 Å². The van der Waals surface area contributed by atoms with Gasteiger partial charge in [0.2, 0.25) is 0 Å². The third-order valence-electron chi connectivity index (χ3n) is 2.26. The molecule has 0 aliphatic heterocycles. The van der Waals surface area contributed by atoms with Gasteiger partial charge in [0.25, 0.3) is 0 Å². The van der Waals surface area contributed by atoms with Gasteiger partial charge < -0.3 is 15.2 Å². The summed E-state index contributed by atoms with van der Waals surface area (Å²) in [5, 5.41) is 10.1. The first-order valence-electron chi connectivity index (χ1n) is 5.53. The third-order valence-corrected chi connectivity index (χ3v) is 2.26. The normalized spacial score (nSPS) is 12.8. The van der Waals surface area contributed by atoms with Gasteiger partial charge in [0, 0.05) is 0 Å². The van der Waals surface area contributed by atoms with E-state index in [-0.39, 0.29) is 6.61 Å². The van der Waals surface area contributed by atoms with Crippen LogP contribution in [0.4, 0.5) is 13.2 Å². The van der Waals surface area contributed by atoms with Crippen LogP contribution in [0.3, 0.4) is 0 Å². The summed E-state index contributed by atoms with van der Waals surface area (Å²) < 4.78 is 41.0. The van der Waals surface area contributed by atoms with E-state index in [0.29, 0.717) is 0 Å². The molecule has 1 rings (SSSR count). The van der Waals surface area contributed by atoms with Gasteiger partial charge in [0.15, 0.2) is 6.04 Å². The second-order valence-electron chi connectivity index (χ2n) is 3.86. The number of amides is 1. The molecule has 1 amide bonds.